The topological polar surface area (TPSA) is 75.2 Å². The molecule has 4 rings (SSSR count). The molecule has 2 N–H and O–H groups in total. The van der Waals surface area contributed by atoms with Gasteiger partial charge in [0, 0.05) is 64.6 Å². The van der Waals surface area contributed by atoms with Gasteiger partial charge in [0.2, 0.25) is 5.91 Å². The van der Waals surface area contributed by atoms with Gasteiger partial charge in [-0.25, -0.2) is 4.98 Å². The highest BCUT2D eigenvalue weighted by Gasteiger charge is 2.26. The number of aromatic nitrogens is 1. The minimum Gasteiger partial charge on any atom is -0.395 e. The second-order valence-corrected chi connectivity index (χ2v) is 8.76. The molecule has 0 saturated carbocycles. The number of aryl methyl sites for hydroxylation is 1. The highest BCUT2D eigenvalue weighted by molar-refractivity contribution is 5.99. The maximum Gasteiger partial charge on any atom is 0.238 e. The summed E-state index contributed by atoms with van der Waals surface area (Å²) in [4.78, 5) is 27.1. The molecule has 0 radical (unpaired) electrons. The lowest BCUT2D eigenvalue weighted by atomic mass is 10.2. The summed E-state index contributed by atoms with van der Waals surface area (Å²) in [6.07, 6.45) is 4.76. The molecule has 1 aromatic rings. The SMILES string of the molecule is Cc1cc(N2CCCC2)c(NC(=O)CN2CCN(CCO)CC2)c(N2CCCC2)n1. The van der Waals surface area contributed by atoms with Gasteiger partial charge in [-0.3, -0.25) is 14.6 Å². The lowest BCUT2D eigenvalue weighted by Gasteiger charge is -2.34. The molecular formula is C22H36N6O2. The Hall–Kier alpha value is -1.90. The molecule has 0 spiro atoms. The van der Waals surface area contributed by atoms with Crippen LogP contribution in [0.25, 0.3) is 0 Å². The molecule has 0 aromatic carbocycles. The van der Waals surface area contributed by atoms with Crippen molar-refractivity contribution < 1.29 is 9.90 Å². The summed E-state index contributed by atoms with van der Waals surface area (Å²) < 4.78 is 0. The zero-order valence-electron chi connectivity index (χ0n) is 18.3. The average Bonchev–Trinajstić information content (AvgIpc) is 3.45. The summed E-state index contributed by atoms with van der Waals surface area (Å²) in [6, 6.07) is 2.13. The van der Waals surface area contributed by atoms with Crippen LogP contribution >= 0.6 is 0 Å². The largest absolute Gasteiger partial charge is 0.395 e. The Morgan fingerprint density at radius 1 is 0.967 bits per heavy atom. The van der Waals surface area contributed by atoms with Crippen molar-refractivity contribution >= 4 is 23.1 Å². The smallest absolute Gasteiger partial charge is 0.238 e. The van der Waals surface area contributed by atoms with E-state index < -0.39 is 0 Å². The maximum absolute atomic E-state index is 13.0. The lowest BCUT2D eigenvalue weighted by Crippen LogP contribution is -2.49. The fourth-order valence-electron chi connectivity index (χ4n) is 4.82. The summed E-state index contributed by atoms with van der Waals surface area (Å²) in [5, 5.41) is 12.4. The third-order valence-electron chi connectivity index (χ3n) is 6.47. The van der Waals surface area contributed by atoms with Crippen LogP contribution in [0.15, 0.2) is 6.07 Å². The summed E-state index contributed by atoms with van der Waals surface area (Å²) in [5.41, 5.74) is 3.04. The molecule has 0 bridgehead atoms. The van der Waals surface area contributed by atoms with Gasteiger partial charge in [-0.2, -0.15) is 0 Å². The van der Waals surface area contributed by atoms with Crippen LogP contribution in [0.1, 0.15) is 31.4 Å². The third-order valence-corrected chi connectivity index (χ3v) is 6.47. The van der Waals surface area contributed by atoms with Crippen LogP contribution in [0, 0.1) is 6.92 Å². The van der Waals surface area contributed by atoms with E-state index in [2.05, 4.69) is 37.9 Å². The molecule has 4 heterocycles. The van der Waals surface area contributed by atoms with Crippen molar-refractivity contribution in [3.63, 3.8) is 0 Å². The van der Waals surface area contributed by atoms with Gasteiger partial charge in [-0.15, -0.1) is 0 Å². The summed E-state index contributed by atoms with van der Waals surface area (Å²) in [5.74, 6) is 0.979. The third kappa shape index (κ3) is 5.04. The number of carbonyl (C=O) groups excluding carboxylic acids is 1. The number of carbonyl (C=O) groups is 1. The molecule has 0 atom stereocenters. The Kier molecular flexibility index (Phi) is 7.07. The predicted octanol–water partition coefficient (Wildman–Crippen LogP) is 1.14. The number of β-amino-alcohol motifs (C(OH)–C–C–N with tert-alkyl or cyclic N) is 1. The molecule has 1 aromatic heterocycles. The van der Waals surface area contributed by atoms with Crippen molar-refractivity contribution in [2.75, 3.05) is 87.2 Å². The Labute approximate surface area is 179 Å². The Bertz CT molecular complexity index is 685. The zero-order chi connectivity index (χ0) is 20.9. The lowest BCUT2D eigenvalue weighted by molar-refractivity contribution is -0.117. The van der Waals surface area contributed by atoms with Crippen molar-refractivity contribution in [1.82, 2.24) is 14.8 Å². The Morgan fingerprint density at radius 2 is 1.57 bits per heavy atom. The van der Waals surface area contributed by atoms with Gasteiger partial charge in [0.25, 0.3) is 0 Å². The quantitative estimate of drug-likeness (QED) is 0.690. The predicted molar refractivity (Wildman–Crippen MR) is 120 cm³/mol. The number of pyridine rings is 1. The first-order valence-corrected chi connectivity index (χ1v) is 11.5. The van der Waals surface area contributed by atoms with E-state index in [1.807, 2.05) is 0 Å². The number of hydrogen-bond donors (Lipinski definition) is 2. The van der Waals surface area contributed by atoms with Crippen molar-refractivity contribution in [2.24, 2.45) is 0 Å². The Morgan fingerprint density at radius 3 is 2.20 bits per heavy atom. The first kappa shape index (κ1) is 21.3. The molecule has 8 nitrogen and oxygen atoms in total. The molecule has 3 fully saturated rings. The highest BCUT2D eigenvalue weighted by atomic mass is 16.3. The van der Waals surface area contributed by atoms with E-state index in [0.29, 0.717) is 13.1 Å². The molecule has 3 saturated heterocycles. The van der Waals surface area contributed by atoms with Gasteiger partial charge >= 0.3 is 0 Å². The van der Waals surface area contributed by atoms with Crippen molar-refractivity contribution in [3.05, 3.63) is 11.8 Å². The molecule has 8 heteroatoms. The number of hydrogen-bond acceptors (Lipinski definition) is 7. The molecule has 3 aliphatic heterocycles. The number of rotatable bonds is 7. The zero-order valence-corrected chi connectivity index (χ0v) is 18.3. The number of amides is 1. The van der Waals surface area contributed by atoms with E-state index in [4.69, 9.17) is 10.1 Å². The standard InChI is InChI=1S/C22H36N6O2/c1-18-16-19(27-6-2-3-7-27)21(22(23-18)28-8-4-5-9-28)24-20(30)17-26-12-10-25(11-13-26)14-15-29/h16,29H,2-15,17H2,1H3,(H,24,30). The number of nitrogens with zero attached hydrogens (tertiary/aromatic N) is 5. The van der Waals surface area contributed by atoms with E-state index in [1.165, 1.54) is 25.7 Å². The number of aliphatic hydroxyl groups is 1. The van der Waals surface area contributed by atoms with Gasteiger partial charge in [-0.1, -0.05) is 0 Å². The van der Waals surface area contributed by atoms with Gasteiger partial charge in [0.15, 0.2) is 5.82 Å². The second kappa shape index (κ2) is 9.94. The second-order valence-electron chi connectivity index (χ2n) is 8.76. The minimum absolute atomic E-state index is 0.0390. The van der Waals surface area contributed by atoms with Crippen molar-refractivity contribution in [2.45, 2.75) is 32.6 Å². The average molecular weight is 417 g/mol. The van der Waals surface area contributed by atoms with Crippen LogP contribution in [-0.2, 0) is 4.79 Å². The first-order valence-electron chi connectivity index (χ1n) is 11.5. The van der Waals surface area contributed by atoms with Crippen LogP contribution in [0.2, 0.25) is 0 Å². The molecule has 30 heavy (non-hydrogen) atoms. The molecular weight excluding hydrogens is 380 g/mol. The van der Waals surface area contributed by atoms with Crippen LogP contribution in [-0.4, -0.2) is 97.9 Å². The molecule has 166 valence electrons. The summed E-state index contributed by atoms with van der Waals surface area (Å²) in [7, 11) is 0. The highest BCUT2D eigenvalue weighted by Crippen LogP contribution is 2.38. The van der Waals surface area contributed by atoms with Gasteiger partial charge < -0.3 is 20.2 Å². The van der Waals surface area contributed by atoms with E-state index >= 15 is 0 Å². The van der Waals surface area contributed by atoms with Crippen LogP contribution in [0.3, 0.4) is 0 Å². The number of aliphatic hydroxyl groups excluding tert-OH is 1. The molecule has 3 aliphatic rings. The summed E-state index contributed by atoms with van der Waals surface area (Å²) in [6.45, 7) is 11.0. The fourth-order valence-corrected chi connectivity index (χ4v) is 4.82. The maximum atomic E-state index is 13.0. The number of nitrogens with one attached hydrogen (secondary N) is 1. The van der Waals surface area contributed by atoms with Crippen molar-refractivity contribution in [1.29, 1.82) is 0 Å². The van der Waals surface area contributed by atoms with Gasteiger partial charge in [0.1, 0.15) is 5.69 Å². The van der Waals surface area contributed by atoms with E-state index in [0.717, 1.165) is 75.2 Å². The molecule has 1 amide bonds. The summed E-state index contributed by atoms with van der Waals surface area (Å²) >= 11 is 0. The van der Waals surface area contributed by atoms with E-state index in [9.17, 15) is 4.79 Å². The first-order chi connectivity index (χ1) is 14.6. The van der Waals surface area contributed by atoms with Crippen LogP contribution in [0.4, 0.5) is 17.2 Å². The van der Waals surface area contributed by atoms with Crippen LogP contribution in [0.5, 0.6) is 0 Å². The van der Waals surface area contributed by atoms with E-state index in [1.54, 1.807) is 0 Å². The normalized spacial score (nSPS) is 20.9. The van der Waals surface area contributed by atoms with Gasteiger partial charge in [-0.05, 0) is 38.7 Å². The fraction of sp³-hybridized carbons (Fsp3) is 0.727. The molecule has 0 aliphatic carbocycles. The number of piperazine rings is 1. The van der Waals surface area contributed by atoms with Crippen LogP contribution < -0.4 is 15.1 Å². The molecule has 0 unspecified atom stereocenters. The van der Waals surface area contributed by atoms with E-state index in [-0.39, 0.29) is 12.5 Å². The van der Waals surface area contributed by atoms with Crippen molar-refractivity contribution in [3.8, 4) is 0 Å². The Balaban J connectivity index is 1.49. The number of anilines is 3. The van der Waals surface area contributed by atoms with Gasteiger partial charge in [0.05, 0.1) is 18.8 Å². The minimum atomic E-state index is 0.0390. The monoisotopic (exact) mass is 416 g/mol.